The molecule has 2 rings (SSSR count). The molecule has 0 radical (unpaired) electrons. The summed E-state index contributed by atoms with van der Waals surface area (Å²) in [5, 5.41) is 14.6. The molecule has 0 spiro atoms. The highest BCUT2D eigenvalue weighted by Crippen LogP contribution is 2.25. The first-order valence-electron chi connectivity index (χ1n) is 6.59. The minimum atomic E-state index is -0.171. The second-order valence-electron chi connectivity index (χ2n) is 4.04. The van der Waals surface area contributed by atoms with Crippen molar-refractivity contribution in [2.24, 2.45) is 0 Å². The molecule has 8 heteroatoms. The van der Waals surface area contributed by atoms with Crippen molar-refractivity contribution < 1.29 is 9.53 Å². The summed E-state index contributed by atoms with van der Waals surface area (Å²) in [7, 11) is 0. The van der Waals surface area contributed by atoms with E-state index in [1.807, 2.05) is 31.2 Å². The van der Waals surface area contributed by atoms with Gasteiger partial charge in [-0.1, -0.05) is 29.8 Å². The summed E-state index contributed by atoms with van der Waals surface area (Å²) in [4.78, 5) is 11.6. The number of hydrogen-bond donors (Lipinski definition) is 1. The average molecular weight is 317 g/mol. The van der Waals surface area contributed by atoms with Crippen molar-refractivity contribution >= 4 is 17.7 Å². The number of benzene rings is 1. The molecular weight excluding hydrogens is 302 g/mol. The Labute approximate surface area is 132 Å². The van der Waals surface area contributed by atoms with E-state index in [1.54, 1.807) is 4.68 Å². The highest BCUT2D eigenvalue weighted by molar-refractivity contribution is 7.99. The summed E-state index contributed by atoms with van der Waals surface area (Å²) in [6.07, 6.45) is 5.09. The summed E-state index contributed by atoms with van der Waals surface area (Å²) in [6.45, 7) is 2.65. The highest BCUT2D eigenvalue weighted by atomic mass is 32.2. The van der Waals surface area contributed by atoms with Gasteiger partial charge in [-0.25, -0.2) is 0 Å². The first kappa shape index (κ1) is 15.9. The molecule has 0 saturated heterocycles. The molecule has 0 atom stereocenters. The number of ether oxygens (including phenoxy) is 1. The van der Waals surface area contributed by atoms with Gasteiger partial charge in [-0.3, -0.25) is 4.79 Å². The Balaban J connectivity index is 2.13. The van der Waals surface area contributed by atoms with E-state index in [2.05, 4.69) is 26.8 Å². The highest BCUT2D eigenvalue weighted by Gasteiger charge is 2.14. The third-order valence-electron chi connectivity index (χ3n) is 2.55. The fraction of sp³-hybridized carbons (Fsp3) is 0.286. The molecule has 1 amide bonds. The van der Waals surface area contributed by atoms with Crippen molar-refractivity contribution in [3.05, 3.63) is 24.3 Å². The first-order valence-corrected chi connectivity index (χ1v) is 7.58. The smallest absolute Gasteiger partial charge is 0.231 e. The molecular formula is C14H15N5O2S. The van der Waals surface area contributed by atoms with E-state index in [1.165, 1.54) is 11.8 Å². The van der Waals surface area contributed by atoms with Crippen LogP contribution in [0.2, 0.25) is 0 Å². The van der Waals surface area contributed by atoms with Gasteiger partial charge in [0.2, 0.25) is 11.1 Å². The summed E-state index contributed by atoms with van der Waals surface area (Å²) >= 11 is 1.22. The predicted molar refractivity (Wildman–Crippen MR) is 82.9 cm³/mol. The third kappa shape index (κ3) is 3.99. The van der Waals surface area contributed by atoms with Crippen LogP contribution < -0.4 is 10.1 Å². The van der Waals surface area contributed by atoms with Gasteiger partial charge in [-0.05, 0) is 29.5 Å². The number of hydrogen-bond acceptors (Lipinski definition) is 6. The van der Waals surface area contributed by atoms with Crippen molar-refractivity contribution in [2.75, 3.05) is 18.9 Å². The van der Waals surface area contributed by atoms with Crippen LogP contribution in [0.25, 0.3) is 5.69 Å². The molecule has 1 heterocycles. The largest absolute Gasteiger partial charge is 0.492 e. The lowest BCUT2D eigenvalue weighted by atomic mass is 10.3. The topological polar surface area (TPSA) is 81.9 Å². The van der Waals surface area contributed by atoms with Crippen LogP contribution in [0.1, 0.15) is 6.92 Å². The number of nitrogens with zero attached hydrogens (tertiary/aromatic N) is 4. The predicted octanol–water partition coefficient (Wildman–Crippen LogP) is 0.902. The van der Waals surface area contributed by atoms with Crippen molar-refractivity contribution in [2.45, 2.75) is 12.1 Å². The number of tetrazole rings is 1. The minimum absolute atomic E-state index is 0.171. The van der Waals surface area contributed by atoms with E-state index in [9.17, 15) is 4.79 Å². The summed E-state index contributed by atoms with van der Waals surface area (Å²) < 4.78 is 7.11. The van der Waals surface area contributed by atoms with Gasteiger partial charge in [0.1, 0.15) is 11.4 Å². The third-order valence-corrected chi connectivity index (χ3v) is 3.47. The first-order chi connectivity index (χ1) is 10.8. The lowest BCUT2D eigenvalue weighted by molar-refractivity contribution is -0.118. The standard InChI is InChI=1S/C14H15N5O2S/c1-3-9-15-13(20)10-22-14-16-17-18-19(14)11-7-5-6-8-12(11)21-4-2/h1,5-8H,4,9-10H2,2H3,(H,15,20). The molecule has 114 valence electrons. The zero-order chi connectivity index (χ0) is 15.8. The number of nitrogens with one attached hydrogen (secondary N) is 1. The Morgan fingerprint density at radius 2 is 2.32 bits per heavy atom. The maximum absolute atomic E-state index is 11.6. The van der Waals surface area contributed by atoms with Crippen molar-refractivity contribution in [1.29, 1.82) is 0 Å². The van der Waals surface area contributed by atoms with Crippen LogP contribution >= 0.6 is 11.8 Å². The molecule has 1 aromatic carbocycles. The molecule has 0 fully saturated rings. The van der Waals surface area contributed by atoms with Gasteiger partial charge in [0.05, 0.1) is 18.9 Å². The van der Waals surface area contributed by atoms with Gasteiger partial charge in [-0.15, -0.1) is 11.5 Å². The van der Waals surface area contributed by atoms with Gasteiger partial charge in [0, 0.05) is 0 Å². The monoisotopic (exact) mass is 317 g/mol. The maximum Gasteiger partial charge on any atom is 0.231 e. The van der Waals surface area contributed by atoms with Crippen LogP contribution in [0.5, 0.6) is 5.75 Å². The zero-order valence-corrected chi connectivity index (χ0v) is 12.8. The summed E-state index contributed by atoms with van der Waals surface area (Å²) in [5.41, 5.74) is 0.723. The number of amides is 1. The van der Waals surface area contributed by atoms with E-state index in [0.29, 0.717) is 17.5 Å². The summed E-state index contributed by atoms with van der Waals surface area (Å²) in [5.74, 6) is 3.03. The van der Waals surface area contributed by atoms with Crippen LogP contribution in [0.4, 0.5) is 0 Å². The maximum atomic E-state index is 11.6. The van der Waals surface area contributed by atoms with E-state index >= 15 is 0 Å². The molecule has 1 N–H and O–H groups in total. The average Bonchev–Trinajstić information content (AvgIpc) is 3.00. The van der Waals surface area contributed by atoms with Gasteiger partial charge in [0.15, 0.2) is 0 Å². The molecule has 0 bridgehead atoms. The van der Waals surface area contributed by atoms with Gasteiger partial charge < -0.3 is 10.1 Å². The lowest BCUT2D eigenvalue weighted by Crippen LogP contribution is -2.25. The number of para-hydroxylation sites is 2. The molecule has 1 aromatic heterocycles. The van der Waals surface area contributed by atoms with Crippen LogP contribution in [0.3, 0.4) is 0 Å². The number of carbonyl (C=O) groups excluding carboxylic acids is 1. The lowest BCUT2D eigenvalue weighted by Gasteiger charge is -2.10. The SMILES string of the molecule is C#CCNC(=O)CSc1nnnn1-c1ccccc1OCC. The number of rotatable bonds is 7. The minimum Gasteiger partial charge on any atom is -0.492 e. The van der Waals surface area contributed by atoms with Crippen LogP contribution in [0, 0.1) is 12.3 Å². The molecule has 0 aliphatic rings. The van der Waals surface area contributed by atoms with Gasteiger partial charge >= 0.3 is 0 Å². The molecule has 0 saturated carbocycles. The zero-order valence-electron chi connectivity index (χ0n) is 12.0. The van der Waals surface area contributed by atoms with E-state index < -0.39 is 0 Å². The summed E-state index contributed by atoms with van der Waals surface area (Å²) in [6, 6.07) is 7.44. The van der Waals surface area contributed by atoms with Crippen molar-refractivity contribution in [3.63, 3.8) is 0 Å². The molecule has 22 heavy (non-hydrogen) atoms. The Morgan fingerprint density at radius 1 is 1.50 bits per heavy atom. The fourth-order valence-corrected chi connectivity index (χ4v) is 2.37. The second-order valence-corrected chi connectivity index (χ2v) is 4.99. The van der Waals surface area contributed by atoms with Crippen LogP contribution in [0.15, 0.2) is 29.4 Å². The quantitative estimate of drug-likeness (QED) is 0.603. The Hall–Kier alpha value is -2.53. The Morgan fingerprint density at radius 3 is 3.09 bits per heavy atom. The molecule has 0 unspecified atom stereocenters. The fourth-order valence-electron chi connectivity index (χ4n) is 1.66. The van der Waals surface area contributed by atoms with E-state index in [4.69, 9.17) is 11.2 Å². The van der Waals surface area contributed by atoms with Crippen LogP contribution in [-0.4, -0.2) is 45.0 Å². The van der Waals surface area contributed by atoms with Crippen molar-refractivity contribution in [3.8, 4) is 23.8 Å². The van der Waals surface area contributed by atoms with E-state index in [-0.39, 0.29) is 18.2 Å². The Bertz CT molecular complexity index is 680. The molecule has 0 aliphatic heterocycles. The Kier molecular flexibility index (Phi) is 5.80. The van der Waals surface area contributed by atoms with Crippen LogP contribution in [-0.2, 0) is 4.79 Å². The van der Waals surface area contributed by atoms with E-state index in [0.717, 1.165) is 5.69 Å². The molecule has 7 nitrogen and oxygen atoms in total. The van der Waals surface area contributed by atoms with Crippen molar-refractivity contribution in [1.82, 2.24) is 25.5 Å². The molecule has 2 aromatic rings. The second kappa shape index (κ2) is 8.05. The normalized spacial score (nSPS) is 10.0. The number of thioether (sulfide) groups is 1. The molecule has 0 aliphatic carbocycles. The van der Waals surface area contributed by atoms with Gasteiger partial charge in [-0.2, -0.15) is 4.68 Å². The van der Waals surface area contributed by atoms with Gasteiger partial charge in [0.25, 0.3) is 0 Å². The number of terminal acetylenes is 1. The number of aromatic nitrogens is 4. The number of carbonyl (C=O) groups is 1.